The molecule has 1 amide bonds. The first-order valence-corrected chi connectivity index (χ1v) is 7.48. The van der Waals surface area contributed by atoms with E-state index in [1.165, 1.54) is 0 Å². The van der Waals surface area contributed by atoms with E-state index in [1.54, 1.807) is 12.1 Å². The molecule has 0 aromatic heterocycles. The molecule has 6 heteroatoms. The van der Waals surface area contributed by atoms with Crippen LogP contribution >= 0.6 is 0 Å². The molecule has 6 nitrogen and oxygen atoms in total. The molecule has 0 spiro atoms. The zero-order valence-corrected chi connectivity index (χ0v) is 12.7. The third-order valence-electron chi connectivity index (χ3n) is 3.72. The molecule has 1 aromatic rings. The van der Waals surface area contributed by atoms with Crippen LogP contribution in [0.4, 0.5) is 0 Å². The Bertz CT molecular complexity index is 628. The number of carboxylic acids is 1. The average Bonchev–Trinajstić information content (AvgIpc) is 3.31. The Labute approximate surface area is 135 Å². The Morgan fingerprint density at radius 1 is 1.26 bits per heavy atom. The molecule has 0 fully saturated rings. The second kappa shape index (κ2) is 7.54. The van der Waals surface area contributed by atoms with Crippen LogP contribution in [0.15, 0.2) is 40.6 Å². The Balaban J connectivity index is 1.88. The molecule has 1 heterocycles. The Hall–Kier alpha value is -2.68. The van der Waals surface area contributed by atoms with Crippen molar-refractivity contribution in [2.45, 2.75) is 43.8 Å². The first-order valence-electron chi connectivity index (χ1n) is 7.48. The van der Waals surface area contributed by atoms with Gasteiger partial charge in [-0.15, -0.1) is 12.3 Å². The van der Waals surface area contributed by atoms with Crippen LogP contribution in [0, 0.1) is 12.3 Å². The second-order valence-corrected chi connectivity index (χ2v) is 5.52. The summed E-state index contributed by atoms with van der Waals surface area (Å²) in [6.45, 7) is 0. The highest BCUT2D eigenvalue weighted by atomic mass is 16.4. The average molecular weight is 313 g/mol. The molecule has 1 unspecified atom stereocenters. The summed E-state index contributed by atoms with van der Waals surface area (Å²) in [5.74, 6) is 1.37. The number of hydrogen-bond acceptors (Lipinski definition) is 4. The van der Waals surface area contributed by atoms with E-state index in [1.807, 2.05) is 18.2 Å². The van der Waals surface area contributed by atoms with E-state index in [2.05, 4.69) is 21.5 Å². The molecule has 0 saturated carbocycles. The first-order chi connectivity index (χ1) is 11.0. The number of hydrogen-bond donors (Lipinski definition) is 2. The van der Waals surface area contributed by atoms with Crippen LogP contribution in [-0.2, 0) is 9.59 Å². The standard InChI is InChI=1S/C17H19N3O3/c1-2-3-10-17(19-20-17)11-9-15(21)18-14(12-16(22)23)13-7-5-4-6-8-13/h1,4-8,14H,3,9-12H2,(H,18,21)(H,22,23). The normalized spacial score (nSPS) is 15.4. The van der Waals surface area contributed by atoms with Crippen LogP contribution in [0.25, 0.3) is 0 Å². The minimum Gasteiger partial charge on any atom is -0.481 e. The summed E-state index contributed by atoms with van der Waals surface area (Å²) in [4.78, 5) is 23.1. The van der Waals surface area contributed by atoms with Crippen molar-refractivity contribution in [2.75, 3.05) is 0 Å². The number of carbonyl (C=O) groups is 2. The first kappa shape index (κ1) is 16.7. The van der Waals surface area contributed by atoms with Gasteiger partial charge in [0.25, 0.3) is 0 Å². The molecule has 1 aliphatic rings. The minimum absolute atomic E-state index is 0.160. The van der Waals surface area contributed by atoms with Crippen molar-refractivity contribution in [3.63, 3.8) is 0 Å². The number of aliphatic carboxylic acids is 1. The highest BCUT2D eigenvalue weighted by molar-refractivity contribution is 5.77. The predicted molar refractivity (Wildman–Crippen MR) is 84.5 cm³/mol. The van der Waals surface area contributed by atoms with Gasteiger partial charge in [-0.3, -0.25) is 9.59 Å². The summed E-state index contributed by atoms with van der Waals surface area (Å²) >= 11 is 0. The quantitative estimate of drug-likeness (QED) is 0.687. The highest BCUT2D eigenvalue weighted by Crippen LogP contribution is 2.37. The largest absolute Gasteiger partial charge is 0.481 e. The van der Waals surface area contributed by atoms with Gasteiger partial charge in [0.15, 0.2) is 5.66 Å². The maximum Gasteiger partial charge on any atom is 0.305 e. The lowest BCUT2D eigenvalue weighted by Crippen LogP contribution is -2.31. The fourth-order valence-corrected chi connectivity index (χ4v) is 2.36. The fraction of sp³-hybridized carbons (Fsp3) is 0.412. The number of carboxylic acid groups (broad SMARTS) is 1. The van der Waals surface area contributed by atoms with E-state index in [9.17, 15) is 9.59 Å². The van der Waals surface area contributed by atoms with Crippen LogP contribution in [0.5, 0.6) is 0 Å². The van der Waals surface area contributed by atoms with Crippen molar-refractivity contribution in [1.29, 1.82) is 0 Å². The molecule has 1 aromatic carbocycles. The monoisotopic (exact) mass is 313 g/mol. The molecule has 23 heavy (non-hydrogen) atoms. The maximum absolute atomic E-state index is 12.1. The molecular formula is C17H19N3O3. The van der Waals surface area contributed by atoms with E-state index in [0.717, 1.165) is 5.56 Å². The van der Waals surface area contributed by atoms with Gasteiger partial charge in [-0.1, -0.05) is 30.3 Å². The summed E-state index contributed by atoms with van der Waals surface area (Å²) in [7, 11) is 0. The van der Waals surface area contributed by atoms with E-state index < -0.39 is 17.7 Å². The number of nitrogens with one attached hydrogen (secondary N) is 1. The van der Waals surface area contributed by atoms with Crippen LogP contribution < -0.4 is 5.32 Å². The van der Waals surface area contributed by atoms with Gasteiger partial charge in [-0.05, 0) is 5.56 Å². The smallest absolute Gasteiger partial charge is 0.305 e. The van der Waals surface area contributed by atoms with E-state index in [4.69, 9.17) is 11.5 Å². The maximum atomic E-state index is 12.1. The van der Waals surface area contributed by atoms with Crippen LogP contribution in [0.1, 0.15) is 43.7 Å². The van der Waals surface area contributed by atoms with Gasteiger partial charge < -0.3 is 10.4 Å². The third kappa shape index (κ3) is 5.22. The minimum atomic E-state index is -0.961. The van der Waals surface area contributed by atoms with Gasteiger partial charge in [0, 0.05) is 25.7 Å². The molecule has 0 bridgehead atoms. The number of carbonyl (C=O) groups excluding carboxylic acids is 1. The molecule has 1 atom stereocenters. The number of rotatable bonds is 9. The van der Waals surface area contributed by atoms with Crippen molar-refractivity contribution in [3.05, 3.63) is 35.9 Å². The van der Waals surface area contributed by atoms with Gasteiger partial charge in [0.2, 0.25) is 5.91 Å². The highest BCUT2D eigenvalue weighted by Gasteiger charge is 2.39. The fourth-order valence-electron chi connectivity index (χ4n) is 2.36. The molecule has 2 rings (SSSR count). The topological polar surface area (TPSA) is 91.1 Å². The van der Waals surface area contributed by atoms with Crippen molar-refractivity contribution < 1.29 is 14.7 Å². The zero-order valence-electron chi connectivity index (χ0n) is 12.7. The van der Waals surface area contributed by atoms with Gasteiger partial charge in [0.1, 0.15) is 0 Å². The zero-order chi connectivity index (χ0) is 16.7. The van der Waals surface area contributed by atoms with Gasteiger partial charge in [-0.25, -0.2) is 0 Å². The van der Waals surface area contributed by atoms with Crippen LogP contribution in [-0.4, -0.2) is 22.6 Å². The number of terminal acetylenes is 1. The van der Waals surface area contributed by atoms with Crippen molar-refractivity contribution in [1.82, 2.24) is 5.32 Å². The van der Waals surface area contributed by atoms with Gasteiger partial charge >= 0.3 is 5.97 Å². The molecule has 2 N–H and O–H groups in total. The van der Waals surface area contributed by atoms with E-state index in [0.29, 0.717) is 19.3 Å². The van der Waals surface area contributed by atoms with Gasteiger partial charge in [0.05, 0.1) is 12.5 Å². The predicted octanol–water partition coefficient (Wildman–Crippen LogP) is 2.67. The third-order valence-corrected chi connectivity index (χ3v) is 3.72. The van der Waals surface area contributed by atoms with E-state index >= 15 is 0 Å². The molecule has 0 saturated heterocycles. The lowest BCUT2D eigenvalue weighted by Gasteiger charge is -2.18. The number of nitrogens with zero attached hydrogens (tertiary/aromatic N) is 2. The Kier molecular flexibility index (Phi) is 5.47. The SMILES string of the molecule is C#CCCC1(CCC(=O)NC(CC(=O)O)c2ccccc2)N=N1. The van der Waals surface area contributed by atoms with Crippen molar-refractivity contribution in [2.24, 2.45) is 10.2 Å². The number of amides is 1. The van der Waals surface area contributed by atoms with Gasteiger partial charge in [-0.2, -0.15) is 10.2 Å². The molecular weight excluding hydrogens is 294 g/mol. The second-order valence-electron chi connectivity index (χ2n) is 5.52. The molecule has 0 aliphatic carbocycles. The Morgan fingerprint density at radius 2 is 1.96 bits per heavy atom. The summed E-state index contributed by atoms with van der Waals surface area (Å²) in [6, 6.07) is 8.52. The molecule has 1 aliphatic heterocycles. The van der Waals surface area contributed by atoms with Crippen molar-refractivity contribution in [3.8, 4) is 12.3 Å². The summed E-state index contributed by atoms with van der Waals surface area (Å²) < 4.78 is 0. The van der Waals surface area contributed by atoms with E-state index in [-0.39, 0.29) is 18.7 Å². The number of benzene rings is 1. The summed E-state index contributed by atoms with van der Waals surface area (Å²) in [5.41, 5.74) is 0.268. The Morgan fingerprint density at radius 3 is 2.52 bits per heavy atom. The lowest BCUT2D eigenvalue weighted by molar-refractivity contribution is -0.137. The molecule has 0 radical (unpaired) electrons. The van der Waals surface area contributed by atoms with Crippen LogP contribution in [0.3, 0.4) is 0 Å². The van der Waals surface area contributed by atoms with Crippen molar-refractivity contribution >= 4 is 11.9 Å². The summed E-state index contributed by atoms with van der Waals surface area (Å²) in [6.07, 6.45) is 7.02. The summed E-state index contributed by atoms with van der Waals surface area (Å²) in [5, 5.41) is 19.8. The lowest BCUT2D eigenvalue weighted by atomic mass is 10.0. The van der Waals surface area contributed by atoms with Crippen LogP contribution in [0.2, 0.25) is 0 Å². The molecule has 120 valence electrons.